The molecule has 4 aromatic rings. The average Bonchev–Trinajstić information content (AvgIpc) is 3.20. The molecule has 1 heterocycles. The van der Waals surface area contributed by atoms with E-state index >= 15 is 0 Å². The quantitative estimate of drug-likeness (QED) is 0.344. The maximum Gasteiger partial charge on any atom is 0.412 e. The van der Waals surface area contributed by atoms with Crippen molar-refractivity contribution in [3.8, 4) is 28.5 Å². The van der Waals surface area contributed by atoms with Crippen LogP contribution >= 0.6 is 0 Å². The fraction of sp³-hybridized carbons (Fsp3) is 0.148. The van der Waals surface area contributed by atoms with Crippen LogP contribution in [0.5, 0.6) is 0 Å². The Balaban J connectivity index is 1.49. The number of aromatic nitrogens is 1. The van der Waals surface area contributed by atoms with E-state index in [1.807, 2.05) is 48.5 Å². The van der Waals surface area contributed by atoms with E-state index in [4.69, 9.17) is 14.5 Å². The fourth-order valence-electron chi connectivity index (χ4n) is 3.60. The Morgan fingerprint density at radius 3 is 2.32 bits per heavy atom. The van der Waals surface area contributed by atoms with E-state index in [9.17, 15) is 9.18 Å². The molecule has 0 aliphatic carbocycles. The molecule has 0 radical (unpaired) electrons. The minimum Gasteiger partial charge on any atom is -0.441 e. The SMILES string of the molecule is Cc1onc(-c2ccc(-c3ccc(CC#N)cc3)cc2)c1NC(=O)O[C@H](C)c1ccccc1F. The van der Waals surface area contributed by atoms with Crippen LogP contribution in [-0.2, 0) is 11.2 Å². The molecule has 1 aromatic heterocycles. The van der Waals surface area contributed by atoms with Crippen molar-refractivity contribution in [1.29, 1.82) is 5.26 Å². The molecule has 0 spiro atoms. The zero-order valence-electron chi connectivity index (χ0n) is 18.7. The zero-order chi connectivity index (χ0) is 24.1. The van der Waals surface area contributed by atoms with Crippen molar-refractivity contribution in [2.75, 3.05) is 5.32 Å². The van der Waals surface area contributed by atoms with Gasteiger partial charge in [-0.2, -0.15) is 5.26 Å². The van der Waals surface area contributed by atoms with Crippen molar-refractivity contribution < 1.29 is 18.4 Å². The molecular formula is C27H22FN3O3. The highest BCUT2D eigenvalue weighted by atomic mass is 19.1. The molecule has 0 aliphatic heterocycles. The maximum atomic E-state index is 14.0. The van der Waals surface area contributed by atoms with E-state index in [-0.39, 0.29) is 5.56 Å². The standard InChI is InChI=1S/C27H22FN3O3/c1-17(23-5-3-4-6-24(23)28)33-27(32)30-25-18(2)34-31-26(25)22-13-11-21(12-14-22)20-9-7-19(8-10-20)15-16-29/h3-14,17H,15H2,1-2H3,(H,30,32)/t17-/m1/s1. The van der Waals surface area contributed by atoms with Crippen LogP contribution in [0.25, 0.3) is 22.4 Å². The van der Waals surface area contributed by atoms with Gasteiger partial charge in [-0.15, -0.1) is 0 Å². The number of hydrogen-bond donors (Lipinski definition) is 1. The summed E-state index contributed by atoms with van der Waals surface area (Å²) in [5.41, 5.74) is 4.88. The van der Waals surface area contributed by atoms with Crippen molar-refractivity contribution in [3.05, 3.63) is 95.5 Å². The predicted octanol–water partition coefficient (Wildman–Crippen LogP) is 6.83. The summed E-state index contributed by atoms with van der Waals surface area (Å²) in [6, 6.07) is 23.8. The third-order valence-electron chi connectivity index (χ3n) is 5.45. The van der Waals surface area contributed by atoms with E-state index in [1.54, 1.807) is 32.0 Å². The van der Waals surface area contributed by atoms with Gasteiger partial charge < -0.3 is 9.26 Å². The number of rotatable bonds is 6. The summed E-state index contributed by atoms with van der Waals surface area (Å²) in [6.07, 6.45) is -1.14. The number of amides is 1. The molecule has 3 aromatic carbocycles. The van der Waals surface area contributed by atoms with Crippen molar-refractivity contribution >= 4 is 11.8 Å². The van der Waals surface area contributed by atoms with Crippen LogP contribution in [-0.4, -0.2) is 11.2 Å². The lowest BCUT2D eigenvalue weighted by Crippen LogP contribution is -2.17. The number of hydrogen-bond acceptors (Lipinski definition) is 5. The molecule has 0 bridgehead atoms. The van der Waals surface area contributed by atoms with Gasteiger partial charge in [0, 0.05) is 11.1 Å². The van der Waals surface area contributed by atoms with Crippen LogP contribution in [0.3, 0.4) is 0 Å². The number of benzene rings is 3. The van der Waals surface area contributed by atoms with E-state index in [2.05, 4.69) is 16.5 Å². The summed E-state index contributed by atoms with van der Waals surface area (Å²) in [6.45, 7) is 3.29. The largest absolute Gasteiger partial charge is 0.441 e. The molecule has 34 heavy (non-hydrogen) atoms. The normalized spacial score (nSPS) is 11.5. The monoisotopic (exact) mass is 455 g/mol. The average molecular weight is 455 g/mol. The summed E-state index contributed by atoms with van der Waals surface area (Å²) in [5.74, 6) is -0.0212. The van der Waals surface area contributed by atoms with Gasteiger partial charge in [-0.1, -0.05) is 71.9 Å². The first kappa shape index (κ1) is 22.7. The Labute approximate surface area is 196 Å². The summed E-state index contributed by atoms with van der Waals surface area (Å²) in [7, 11) is 0. The minimum absolute atomic E-state index is 0.288. The number of nitrogens with one attached hydrogen (secondary N) is 1. The van der Waals surface area contributed by atoms with Crippen molar-refractivity contribution in [1.82, 2.24) is 5.16 Å². The topological polar surface area (TPSA) is 88.2 Å². The van der Waals surface area contributed by atoms with Gasteiger partial charge in [-0.05, 0) is 36.6 Å². The fourth-order valence-corrected chi connectivity index (χ4v) is 3.60. The van der Waals surface area contributed by atoms with Gasteiger partial charge in [0.1, 0.15) is 23.3 Å². The van der Waals surface area contributed by atoms with Gasteiger partial charge in [0.05, 0.1) is 12.5 Å². The molecule has 0 fully saturated rings. The Morgan fingerprint density at radius 1 is 1.06 bits per heavy atom. The molecule has 6 nitrogen and oxygen atoms in total. The Morgan fingerprint density at radius 2 is 1.68 bits per heavy atom. The molecule has 4 rings (SSSR count). The van der Waals surface area contributed by atoms with Crippen LogP contribution in [0.2, 0.25) is 0 Å². The minimum atomic E-state index is -0.774. The summed E-state index contributed by atoms with van der Waals surface area (Å²) in [4.78, 5) is 12.5. The van der Waals surface area contributed by atoms with Crippen molar-refractivity contribution in [2.45, 2.75) is 26.4 Å². The lowest BCUT2D eigenvalue weighted by Gasteiger charge is -2.15. The Hall–Kier alpha value is -4.44. The molecule has 0 unspecified atom stereocenters. The number of nitriles is 1. The lowest BCUT2D eigenvalue weighted by molar-refractivity contribution is 0.119. The number of ether oxygens (including phenoxy) is 1. The van der Waals surface area contributed by atoms with Crippen molar-refractivity contribution in [3.63, 3.8) is 0 Å². The summed E-state index contributed by atoms with van der Waals surface area (Å²) < 4.78 is 24.6. The number of anilines is 1. The summed E-state index contributed by atoms with van der Waals surface area (Å²) in [5, 5.41) is 15.6. The second-order valence-corrected chi connectivity index (χ2v) is 7.77. The van der Waals surface area contributed by atoms with E-state index in [0.29, 0.717) is 23.6 Å². The van der Waals surface area contributed by atoms with E-state index < -0.39 is 18.0 Å². The first-order valence-electron chi connectivity index (χ1n) is 10.7. The maximum absolute atomic E-state index is 14.0. The van der Waals surface area contributed by atoms with Crippen LogP contribution in [0.4, 0.5) is 14.9 Å². The van der Waals surface area contributed by atoms with Crippen molar-refractivity contribution in [2.24, 2.45) is 0 Å². The molecule has 1 atom stereocenters. The van der Waals surface area contributed by atoms with Gasteiger partial charge >= 0.3 is 6.09 Å². The number of halogens is 1. The lowest BCUT2D eigenvalue weighted by atomic mass is 10.0. The third kappa shape index (κ3) is 4.97. The van der Waals surface area contributed by atoms with Crippen LogP contribution < -0.4 is 5.32 Å². The summed E-state index contributed by atoms with van der Waals surface area (Å²) >= 11 is 0. The highest BCUT2D eigenvalue weighted by Gasteiger charge is 2.20. The molecule has 170 valence electrons. The molecule has 1 amide bonds. The molecule has 1 N–H and O–H groups in total. The molecule has 0 saturated carbocycles. The number of aryl methyl sites for hydroxylation is 1. The highest BCUT2D eigenvalue weighted by Crippen LogP contribution is 2.32. The smallest absolute Gasteiger partial charge is 0.412 e. The Kier molecular flexibility index (Phi) is 6.69. The number of carbonyl (C=O) groups excluding carboxylic acids is 1. The molecular weight excluding hydrogens is 433 g/mol. The highest BCUT2D eigenvalue weighted by molar-refractivity contribution is 5.91. The number of carbonyl (C=O) groups is 1. The third-order valence-corrected chi connectivity index (χ3v) is 5.45. The van der Waals surface area contributed by atoms with Gasteiger partial charge in [-0.25, -0.2) is 9.18 Å². The molecule has 0 saturated heterocycles. The van der Waals surface area contributed by atoms with Gasteiger partial charge in [0.15, 0.2) is 5.76 Å². The molecule has 0 aliphatic rings. The van der Waals surface area contributed by atoms with E-state index in [1.165, 1.54) is 6.07 Å². The van der Waals surface area contributed by atoms with Gasteiger partial charge in [0.2, 0.25) is 0 Å². The van der Waals surface area contributed by atoms with Crippen LogP contribution in [0.1, 0.15) is 29.9 Å². The van der Waals surface area contributed by atoms with Crippen LogP contribution in [0, 0.1) is 24.1 Å². The Bertz CT molecular complexity index is 1340. The van der Waals surface area contributed by atoms with Gasteiger partial charge in [0.25, 0.3) is 0 Å². The number of nitrogens with zero attached hydrogens (tertiary/aromatic N) is 2. The first-order chi connectivity index (χ1) is 16.5. The second-order valence-electron chi connectivity index (χ2n) is 7.77. The predicted molar refractivity (Wildman–Crippen MR) is 126 cm³/mol. The van der Waals surface area contributed by atoms with Crippen LogP contribution in [0.15, 0.2) is 77.3 Å². The van der Waals surface area contributed by atoms with E-state index in [0.717, 1.165) is 22.3 Å². The molecule has 7 heteroatoms. The zero-order valence-corrected chi connectivity index (χ0v) is 18.7. The van der Waals surface area contributed by atoms with Gasteiger partial charge in [-0.3, -0.25) is 5.32 Å². The second kappa shape index (κ2) is 10.0. The first-order valence-corrected chi connectivity index (χ1v) is 10.7.